The fourth-order valence-electron chi connectivity index (χ4n) is 1.32. The molecule has 0 saturated carbocycles. The summed E-state index contributed by atoms with van der Waals surface area (Å²) in [6, 6.07) is 6.27. The van der Waals surface area contributed by atoms with Crippen LogP contribution in [0.1, 0.15) is 18.1 Å². The number of halogens is 1. The van der Waals surface area contributed by atoms with Crippen LogP contribution < -0.4 is 0 Å². The Labute approximate surface area is 109 Å². The number of benzene rings is 1. The van der Waals surface area contributed by atoms with Crippen molar-refractivity contribution in [2.45, 2.75) is 19.6 Å². The number of hydrogen-bond acceptors (Lipinski definition) is 2. The molecule has 88 valence electrons. The smallest absolute Gasteiger partial charge is 0.307 e. The largest absolute Gasteiger partial charge is 0.481 e. The first-order valence-corrected chi connectivity index (χ1v) is 7.00. The van der Waals surface area contributed by atoms with Crippen molar-refractivity contribution < 1.29 is 9.90 Å². The average Bonchev–Trinajstić information content (AvgIpc) is 2.15. The van der Waals surface area contributed by atoms with E-state index in [0.717, 1.165) is 10.2 Å². The predicted molar refractivity (Wildman–Crippen MR) is 71.8 cm³/mol. The summed E-state index contributed by atoms with van der Waals surface area (Å²) in [4.78, 5) is 10.6. The van der Waals surface area contributed by atoms with Crippen LogP contribution in [0.3, 0.4) is 0 Å². The average molecular weight is 303 g/mol. The van der Waals surface area contributed by atoms with Gasteiger partial charge in [0.15, 0.2) is 0 Å². The van der Waals surface area contributed by atoms with Gasteiger partial charge in [-0.25, -0.2) is 0 Å². The standard InChI is InChI=1S/C12H15BrO2S/c1-8-3-10(5-11(13)4-8)7-16-6-9(2)12(14)15/h3-5,9H,6-7H2,1-2H3,(H,14,15)/t9-/m1/s1. The van der Waals surface area contributed by atoms with E-state index in [9.17, 15) is 4.79 Å². The van der Waals surface area contributed by atoms with Crippen molar-refractivity contribution in [2.75, 3.05) is 5.75 Å². The third-order valence-electron chi connectivity index (χ3n) is 2.16. The summed E-state index contributed by atoms with van der Waals surface area (Å²) in [5, 5.41) is 8.75. The lowest BCUT2D eigenvalue weighted by Gasteiger charge is -2.07. The first kappa shape index (κ1) is 13.6. The highest BCUT2D eigenvalue weighted by Gasteiger charge is 2.10. The molecule has 0 aromatic heterocycles. The molecule has 1 aromatic rings. The van der Waals surface area contributed by atoms with Gasteiger partial charge in [0.1, 0.15) is 0 Å². The van der Waals surface area contributed by atoms with Gasteiger partial charge in [-0.05, 0) is 30.2 Å². The van der Waals surface area contributed by atoms with Crippen LogP contribution in [0.4, 0.5) is 0 Å². The van der Waals surface area contributed by atoms with Crippen LogP contribution in [0.15, 0.2) is 22.7 Å². The van der Waals surface area contributed by atoms with Crippen molar-refractivity contribution in [2.24, 2.45) is 5.92 Å². The minimum absolute atomic E-state index is 0.279. The molecule has 1 rings (SSSR count). The van der Waals surface area contributed by atoms with Gasteiger partial charge in [-0.1, -0.05) is 28.9 Å². The molecule has 1 atom stereocenters. The van der Waals surface area contributed by atoms with E-state index in [4.69, 9.17) is 5.11 Å². The third-order valence-corrected chi connectivity index (χ3v) is 3.89. The van der Waals surface area contributed by atoms with Crippen molar-refractivity contribution in [1.82, 2.24) is 0 Å². The summed E-state index contributed by atoms with van der Waals surface area (Å²) in [5.74, 6) is 0.509. The molecular formula is C12H15BrO2S. The van der Waals surface area contributed by atoms with Gasteiger partial charge in [0, 0.05) is 16.0 Å². The van der Waals surface area contributed by atoms with E-state index in [2.05, 4.69) is 41.1 Å². The second-order valence-electron chi connectivity index (χ2n) is 3.89. The Morgan fingerprint density at radius 2 is 2.19 bits per heavy atom. The minimum Gasteiger partial charge on any atom is -0.481 e. The molecule has 2 nitrogen and oxygen atoms in total. The number of thioether (sulfide) groups is 1. The Morgan fingerprint density at radius 3 is 2.75 bits per heavy atom. The van der Waals surface area contributed by atoms with Crippen LogP contribution in [0.5, 0.6) is 0 Å². The number of hydrogen-bond donors (Lipinski definition) is 1. The van der Waals surface area contributed by atoms with Gasteiger partial charge in [0.05, 0.1) is 5.92 Å². The molecule has 1 N–H and O–H groups in total. The highest BCUT2D eigenvalue weighted by atomic mass is 79.9. The van der Waals surface area contributed by atoms with Gasteiger partial charge in [-0.15, -0.1) is 0 Å². The number of carboxylic acid groups (broad SMARTS) is 1. The summed E-state index contributed by atoms with van der Waals surface area (Å²) >= 11 is 5.11. The number of carboxylic acids is 1. The van der Waals surface area contributed by atoms with Crippen LogP contribution in [0, 0.1) is 12.8 Å². The van der Waals surface area contributed by atoms with Crippen molar-refractivity contribution in [1.29, 1.82) is 0 Å². The minimum atomic E-state index is -0.724. The fraction of sp³-hybridized carbons (Fsp3) is 0.417. The lowest BCUT2D eigenvalue weighted by molar-refractivity contribution is -0.140. The first-order valence-electron chi connectivity index (χ1n) is 5.05. The van der Waals surface area contributed by atoms with Gasteiger partial charge in [0.25, 0.3) is 0 Å². The molecule has 16 heavy (non-hydrogen) atoms. The first-order chi connectivity index (χ1) is 7.49. The highest BCUT2D eigenvalue weighted by molar-refractivity contribution is 9.10. The maximum atomic E-state index is 10.6. The number of aryl methyl sites for hydroxylation is 1. The Kier molecular flexibility index (Phi) is 5.35. The van der Waals surface area contributed by atoms with Gasteiger partial charge >= 0.3 is 5.97 Å². The zero-order valence-corrected chi connectivity index (χ0v) is 11.8. The third kappa shape index (κ3) is 4.58. The van der Waals surface area contributed by atoms with E-state index in [1.54, 1.807) is 18.7 Å². The van der Waals surface area contributed by atoms with Gasteiger partial charge in [-0.2, -0.15) is 11.8 Å². The molecule has 1 aromatic carbocycles. The molecule has 0 fully saturated rings. The topological polar surface area (TPSA) is 37.3 Å². The summed E-state index contributed by atoms with van der Waals surface area (Å²) in [6.07, 6.45) is 0. The van der Waals surface area contributed by atoms with E-state index in [1.807, 2.05) is 0 Å². The molecule has 0 aliphatic rings. The predicted octanol–water partition coefficient (Wildman–Crippen LogP) is 3.71. The fourth-order valence-corrected chi connectivity index (χ4v) is 2.99. The lowest BCUT2D eigenvalue weighted by Crippen LogP contribution is -2.11. The van der Waals surface area contributed by atoms with E-state index >= 15 is 0 Å². The SMILES string of the molecule is Cc1cc(Br)cc(CSC[C@@H](C)C(=O)O)c1. The second kappa shape index (κ2) is 6.30. The van der Waals surface area contributed by atoms with Crippen molar-refractivity contribution in [3.05, 3.63) is 33.8 Å². The van der Waals surface area contributed by atoms with Crippen LogP contribution in [-0.4, -0.2) is 16.8 Å². The number of carbonyl (C=O) groups is 1. The van der Waals surface area contributed by atoms with E-state index < -0.39 is 5.97 Å². The normalized spacial score (nSPS) is 12.4. The second-order valence-corrected chi connectivity index (χ2v) is 5.84. The molecule has 0 spiro atoms. The molecule has 0 aliphatic heterocycles. The zero-order valence-electron chi connectivity index (χ0n) is 9.37. The Morgan fingerprint density at radius 1 is 1.50 bits per heavy atom. The Bertz CT molecular complexity index is 359. The van der Waals surface area contributed by atoms with E-state index in [1.165, 1.54) is 11.1 Å². The molecular weight excluding hydrogens is 288 g/mol. The molecule has 0 bridgehead atoms. The van der Waals surface area contributed by atoms with Crippen LogP contribution >= 0.6 is 27.7 Å². The van der Waals surface area contributed by atoms with Crippen LogP contribution in [0.25, 0.3) is 0 Å². The summed E-state index contributed by atoms with van der Waals surface area (Å²) in [7, 11) is 0. The Balaban J connectivity index is 2.46. The highest BCUT2D eigenvalue weighted by Crippen LogP contribution is 2.20. The van der Waals surface area contributed by atoms with Gasteiger partial charge < -0.3 is 5.11 Å². The van der Waals surface area contributed by atoms with E-state index in [-0.39, 0.29) is 5.92 Å². The molecule has 0 aliphatic carbocycles. The monoisotopic (exact) mass is 302 g/mol. The maximum Gasteiger partial charge on any atom is 0.307 e. The van der Waals surface area contributed by atoms with Crippen LogP contribution in [-0.2, 0) is 10.5 Å². The molecule has 0 radical (unpaired) electrons. The van der Waals surface area contributed by atoms with E-state index in [0.29, 0.717) is 5.75 Å². The lowest BCUT2D eigenvalue weighted by atomic mass is 10.2. The quantitative estimate of drug-likeness (QED) is 0.901. The summed E-state index contributed by atoms with van der Waals surface area (Å²) < 4.78 is 1.08. The van der Waals surface area contributed by atoms with Crippen molar-refractivity contribution in [3.8, 4) is 0 Å². The van der Waals surface area contributed by atoms with Crippen molar-refractivity contribution >= 4 is 33.7 Å². The number of rotatable bonds is 5. The summed E-state index contributed by atoms with van der Waals surface area (Å²) in [5.41, 5.74) is 2.45. The molecule has 0 saturated heterocycles. The molecule has 0 heterocycles. The zero-order chi connectivity index (χ0) is 12.1. The maximum absolute atomic E-state index is 10.6. The van der Waals surface area contributed by atoms with Crippen molar-refractivity contribution in [3.63, 3.8) is 0 Å². The number of aliphatic carboxylic acids is 1. The van der Waals surface area contributed by atoms with Crippen LogP contribution in [0.2, 0.25) is 0 Å². The summed E-state index contributed by atoms with van der Waals surface area (Å²) in [6.45, 7) is 3.79. The van der Waals surface area contributed by atoms with Gasteiger partial charge in [0.2, 0.25) is 0 Å². The van der Waals surface area contributed by atoms with Gasteiger partial charge in [-0.3, -0.25) is 4.79 Å². The Hall–Kier alpha value is -0.480. The molecule has 0 unspecified atom stereocenters. The molecule has 4 heteroatoms. The molecule has 0 amide bonds.